The molecule has 0 aliphatic heterocycles. The molecule has 0 aromatic heterocycles. The summed E-state index contributed by atoms with van der Waals surface area (Å²) < 4.78 is 4.46. The number of esters is 1. The van der Waals surface area contributed by atoms with Crippen LogP contribution in [0.4, 0.5) is 0 Å². The van der Waals surface area contributed by atoms with Crippen LogP contribution >= 0.6 is 11.6 Å². The van der Waals surface area contributed by atoms with E-state index >= 15 is 0 Å². The molecule has 5 nitrogen and oxygen atoms in total. The van der Waals surface area contributed by atoms with Crippen LogP contribution in [0.3, 0.4) is 0 Å². The zero-order valence-corrected chi connectivity index (χ0v) is 10.7. The number of ether oxygens (including phenoxy) is 1. The van der Waals surface area contributed by atoms with Crippen molar-refractivity contribution in [3.8, 4) is 0 Å². The van der Waals surface area contributed by atoms with E-state index in [1.807, 2.05) is 0 Å². The maximum atomic E-state index is 11.5. The Bertz CT molecular complexity index is 405. The van der Waals surface area contributed by atoms with E-state index in [0.29, 0.717) is 17.0 Å². The molecule has 0 saturated carbocycles. The van der Waals surface area contributed by atoms with Crippen molar-refractivity contribution in [3.63, 3.8) is 0 Å². The van der Waals surface area contributed by atoms with Gasteiger partial charge in [0.2, 0.25) is 0 Å². The predicted molar refractivity (Wildman–Crippen MR) is 66.1 cm³/mol. The van der Waals surface area contributed by atoms with Gasteiger partial charge in [0.05, 0.1) is 13.7 Å². The summed E-state index contributed by atoms with van der Waals surface area (Å²) in [5, 5.41) is 0.561. The molecule has 1 N–H and O–H groups in total. The number of rotatable bonds is 6. The van der Waals surface area contributed by atoms with Gasteiger partial charge in [-0.2, -0.15) is 0 Å². The lowest BCUT2D eigenvalue weighted by molar-refractivity contribution is -0.141. The van der Waals surface area contributed by atoms with Crippen molar-refractivity contribution in [2.24, 2.45) is 0 Å². The fourth-order valence-electron chi connectivity index (χ4n) is 1.17. The minimum Gasteiger partial charge on any atom is -0.469 e. The SMILES string of the molecule is COC(=O)CCCONC(=O)c1ccc(Cl)cc1. The van der Waals surface area contributed by atoms with Gasteiger partial charge in [-0.1, -0.05) is 11.6 Å². The molecule has 0 fully saturated rings. The molecule has 0 aliphatic rings. The van der Waals surface area contributed by atoms with E-state index in [4.69, 9.17) is 16.4 Å². The van der Waals surface area contributed by atoms with Crippen LogP contribution in [0.5, 0.6) is 0 Å². The lowest BCUT2D eigenvalue weighted by Crippen LogP contribution is -2.24. The van der Waals surface area contributed by atoms with E-state index in [0.717, 1.165) is 0 Å². The Hall–Kier alpha value is -1.59. The molecule has 1 amide bonds. The average molecular weight is 272 g/mol. The maximum absolute atomic E-state index is 11.5. The number of amides is 1. The number of hydrogen-bond acceptors (Lipinski definition) is 4. The number of halogens is 1. The molecule has 0 saturated heterocycles. The summed E-state index contributed by atoms with van der Waals surface area (Å²) >= 11 is 5.70. The van der Waals surface area contributed by atoms with Gasteiger partial charge in [0.25, 0.3) is 5.91 Å². The van der Waals surface area contributed by atoms with Gasteiger partial charge in [-0.15, -0.1) is 0 Å². The number of methoxy groups -OCH3 is 1. The Kier molecular flexibility index (Phi) is 6.18. The van der Waals surface area contributed by atoms with Gasteiger partial charge in [-0.05, 0) is 30.7 Å². The molecule has 0 aliphatic carbocycles. The summed E-state index contributed by atoms with van der Waals surface area (Å²) in [5.41, 5.74) is 2.73. The minimum atomic E-state index is -0.357. The van der Waals surface area contributed by atoms with Crippen molar-refractivity contribution in [2.45, 2.75) is 12.8 Å². The highest BCUT2D eigenvalue weighted by atomic mass is 35.5. The molecule has 1 aromatic rings. The molecule has 0 radical (unpaired) electrons. The van der Waals surface area contributed by atoms with E-state index < -0.39 is 0 Å². The second kappa shape index (κ2) is 7.68. The van der Waals surface area contributed by atoms with Gasteiger partial charge in [0.15, 0.2) is 0 Å². The molecule has 0 unspecified atom stereocenters. The van der Waals surface area contributed by atoms with E-state index in [2.05, 4.69) is 10.2 Å². The van der Waals surface area contributed by atoms with E-state index in [9.17, 15) is 9.59 Å². The van der Waals surface area contributed by atoms with Gasteiger partial charge in [0.1, 0.15) is 0 Å². The number of nitrogens with one attached hydrogen (secondary N) is 1. The van der Waals surface area contributed by atoms with Gasteiger partial charge in [-0.3, -0.25) is 14.4 Å². The van der Waals surface area contributed by atoms with Crippen molar-refractivity contribution >= 4 is 23.5 Å². The van der Waals surface area contributed by atoms with Gasteiger partial charge in [0, 0.05) is 17.0 Å². The summed E-state index contributed by atoms with van der Waals surface area (Å²) in [5.74, 6) is -0.660. The molecule has 0 spiro atoms. The quantitative estimate of drug-likeness (QED) is 0.488. The topological polar surface area (TPSA) is 64.6 Å². The van der Waals surface area contributed by atoms with Crippen molar-refractivity contribution < 1.29 is 19.2 Å². The number of hydroxylamine groups is 1. The third-order valence-corrected chi connectivity index (χ3v) is 2.38. The van der Waals surface area contributed by atoms with Crippen LogP contribution in [0.15, 0.2) is 24.3 Å². The van der Waals surface area contributed by atoms with Crippen LogP contribution in [-0.2, 0) is 14.4 Å². The molecule has 98 valence electrons. The van der Waals surface area contributed by atoms with Crippen LogP contribution in [0.2, 0.25) is 5.02 Å². The molecule has 1 aromatic carbocycles. The lowest BCUT2D eigenvalue weighted by atomic mass is 10.2. The van der Waals surface area contributed by atoms with Gasteiger partial charge >= 0.3 is 5.97 Å². The van der Waals surface area contributed by atoms with Gasteiger partial charge in [-0.25, -0.2) is 5.48 Å². The predicted octanol–water partition coefficient (Wildman–Crippen LogP) is 1.95. The van der Waals surface area contributed by atoms with Crippen molar-refractivity contribution in [3.05, 3.63) is 34.9 Å². The van der Waals surface area contributed by atoms with Crippen LogP contribution in [0, 0.1) is 0 Å². The molecule has 0 bridgehead atoms. The average Bonchev–Trinajstić information content (AvgIpc) is 2.38. The smallest absolute Gasteiger partial charge is 0.305 e. The zero-order chi connectivity index (χ0) is 13.4. The summed E-state index contributed by atoms with van der Waals surface area (Å²) in [6.45, 7) is 0.244. The third-order valence-electron chi connectivity index (χ3n) is 2.13. The normalized spacial score (nSPS) is 9.89. The minimum absolute atomic E-state index is 0.244. The Labute approximate surface area is 110 Å². The van der Waals surface area contributed by atoms with E-state index in [1.54, 1.807) is 24.3 Å². The highest BCUT2D eigenvalue weighted by Gasteiger charge is 2.05. The van der Waals surface area contributed by atoms with Crippen LogP contribution < -0.4 is 5.48 Å². The van der Waals surface area contributed by atoms with Crippen LogP contribution in [0.25, 0.3) is 0 Å². The molecule has 18 heavy (non-hydrogen) atoms. The summed E-state index contributed by atoms with van der Waals surface area (Å²) in [6.07, 6.45) is 0.737. The number of hydrogen-bond donors (Lipinski definition) is 1. The van der Waals surface area contributed by atoms with Crippen LogP contribution in [-0.4, -0.2) is 25.6 Å². The zero-order valence-electron chi connectivity index (χ0n) is 9.94. The fourth-order valence-corrected chi connectivity index (χ4v) is 1.29. The highest BCUT2D eigenvalue weighted by Crippen LogP contribution is 2.09. The van der Waals surface area contributed by atoms with E-state index in [-0.39, 0.29) is 24.9 Å². The molecular formula is C12H14ClNO4. The number of carbonyl (C=O) groups is 2. The second-order valence-corrected chi connectivity index (χ2v) is 3.90. The first-order chi connectivity index (χ1) is 8.63. The maximum Gasteiger partial charge on any atom is 0.305 e. The first-order valence-electron chi connectivity index (χ1n) is 5.38. The molecule has 1 rings (SSSR count). The molecule has 0 heterocycles. The Morgan fingerprint density at radius 3 is 2.56 bits per heavy atom. The van der Waals surface area contributed by atoms with Crippen molar-refractivity contribution in [1.82, 2.24) is 5.48 Å². The van der Waals surface area contributed by atoms with Crippen molar-refractivity contribution in [1.29, 1.82) is 0 Å². The largest absolute Gasteiger partial charge is 0.469 e. The standard InChI is InChI=1S/C12H14ClNO4/c1-17-11(15)3-2-8-18-14-12(16)9-4-6-10(13)7-5-9/h4-7H,2-3,8H2,1H3,(H,14,16). The fraction of sp³-hybridized carbons (Fsp3) is 0.333. The number of carbonyl (C=O) groups excluding carboxylic acids is 2. The Morgan fingerprint density at radius 2 is 1.94 bits per heavy atom. The molecular weight excluding hydrogens is 258 g/mol. The molecule has 6 heteroatoms. The Morgan fingerprint density at radius 1 is 1.28 bits per heavy atom. The first-order valence-corrected chi connectivity index (χ1v) is 5.76. The molecule has 0 atom stereocenters. The monoisotopic (exact) mass is 271 g/mol. The van der Waals surface area contributed by atoms with Crippen LogP contribution in [0.1, 0.15) is 23.2 Å². The summed E-state index contributed by atoms with van der Waals surface area (Å²) in [4.78, 5) is 27.3. The second-order valence-electron chi connectivity index (χ2n) is 3.47. The Balaban J connectivity index is 2.21. The summed E-state index contributed by atoms with van der Waals surface area (Å²) in [7, 11) is 1.32. The number of benzene rings is 1. The third kappa shape index (κ3) is 5.16. The highest BCUT2D eigenvalue weighted by molar-refractivity contribution is 6.30. The first kappa shape index (κ1) is 14.5. The van der Waals surface area contributed by atoms with E-state index in [1.165, 1.54) is 7.11 Å². The van der Waals surface area contributed by atoms with Gasteiger partial charge < -0.3 is 4.74 Å². The lowest BCUT2D eigenvalue weighted by Gasteiger charge is -2.05. The summed E-state index contributed by atoms with van der Waals surface area (Å²) in [6, 6.07) is 6.42. The van der Waals surface area contributed by atoms with Crippen molar-refractivity contribution in [2.75, 3.05) is 13.7 Å².